The average molecular weight is 447 g/mol. The van der Waals surface area contributed by atoms with Crippen molar-refractivity contribution in [3.8, 4) is 22.3 Å². The zero-order valence-electron chi connectivity index (χ0n) is 19.0. The highest BCUT2D eigenvalue weighted by atomic mass is 28.3. The fourth-order valence-corrected chi connectivity index (χ4v) is 12.8. The summed E-state index contributed by atoms with van der Waals surface area (Å²) in [6.45, 7) is 2.21. The molecule has 0 bridgehead atoms. The minimum Gasteiger partial charge on any atom is -0.0623 e. The minimum atomic E-state index is -2.45. The Morgan fingerprint density at radius 2 is 0.971 bits per heavy atom. The summed E-state index contributed by atoms with van der Waals surface area (Å²) in [6.07, 6.45) is 0. The first-order chi connectivity index (χ1) is 16.8. The molecule has 0 aromatic heterocycles. The lowest BCUT2D eigenvalue weighted by Crippen LogP contribution is -2.70. The zero-order chi connectivity index (χ0) is 22.4. The standard InChI is InChI=1S/C33H22Si/c1-21-18-19-26-28(20-21)22-10-2-3-13-25(22)32-27-14-6-9-17-31(27)34(33(26)32)29-15-7-4-11-23(29)24-12-5-8-16-30(24)34/h2-20H,1H3. The molecule has 0 saturated heterocycles. The van der Waals surface area contributed by atoms with E-state index in [0.717, 1.165) is 0 Å². The number of hydrogen-bond donors (Lipinski definition) is 0. The minimum absolute atomic E-state index is 1.32. The highest BCUT2D eigenvalue weighted by molar-refractivity contribution is 7.25. The molecular weight excluding hydrogens is 424 g/mol. The highest BCUT2D eigenvalue weighted by Gasteiger charge is 2.54. The molecular formula is C33H22Si. The predicted octanol–water partition coefficient (Wildman–Crippen LogP) is 5.64. The molecule has 0 amide bonds. The molecule has 0 saturated carbocycles. The van der Waals surface area contributed by atoms with Crippen LogP contribution in [0.5, 0.6) is 0 Å². The van der Waals surface area contributed by atoms with E-state index < -0.39 is 8.07 Å². The van der Waals surface area contributed by atoms with Gasteiger partial charge in [0.15, 0.2) is 8.07 Å². The van der Waals surface area contributed by atoms with Crippen LogP contribution in [0, 0.1) is 6.92 Å². The monoisotopic (exact) mass is 446 g/mol. The summed E-state index contributed by atoms with van der Waals surface area (Å²) >= 11 is 0. The first-order valence-corrected chi connectivity index (χ1v) is 14.0. The van der Waals surface area contributed by atoms with Crippen LogP contribution in [0.15, 0.2) is 115 Å². The average Bonchev–Trinajstić information content (AvgIpc) is 3.37. The van der Waals surface area contributed by atoms with E-state index in [4.69, 9.17) is 0 Å². The second kappa shape index (κ2) is 6.34. The van der Waals surface area contributed by atoms with Crippen LogP contribution in [-0.2, 0) is 0 Å². The quantitative estimate of drug-likeness (QED) is 0.209. The van der Waals surface area contributed by atoms with Gasteiger partial charge in [0.2, 0.25) is 0 Å². The number of rotatable bonds is 0. The Kier molecular flexibility index (Phi) is 3.45. The lowest BCUT2D eigenvalue weighted by molar-refractivity contribution is 1.51. The molecule has 2 aliphatic heterocycles. The maximum absolute atomic E-state index is 2.45. The van der Waals surface area contributed by atoms with Gasteiger partial charge in [-0.25, -0.2) is 0 Å². The summed E-state index contributed by atoms with van der Waals surface area (Å²) in [5, 5.41) is 11.8. The summed E-state index contributed by atoms with van der Waals surface area (Å²) in [7, 11) is -2.45. The number of hydrogen-bond acceptors (Lipinski definition) is 0. The van der Waals surface area contributed by atoms with E-state index in [-0.39, 0.29) is 0 Å². The van der Waals surface area contributed by atoms with Crippen LogP contribution in [0.1, 0.15) is 5.56 Å². The summed E-state index contributed by atoms with van der Waals surface area (Å²) < 4.78 is 0. The molecule has 2 aliphatic rings. The fourth-order valence-electron chi connectivity index (χ4n) is 6.93. The Morgan fingerprint density at radius 1 is 0.441 bits per heavy atom. The zero-order valence-corrected chi connectivity index (χ0v) is 20.0. The normalized spacial score (nSPS) is 14.3. The summed E-state index contributed by atoms with van der Waals surface area (Å²) in [5.41, 5.74) is 7.04. The number of aryl methyl sites for hydroxylation is 1. The van der Waals surface area contributed by atoms with Gasteiger partial charge in [-0.1, -0.05) is 121 Å². The maximum Gasteiger partial charge on any atom is 0.182 e. The molecule has 0 unspecified atom stereocenters. The molecule has 158 valence electrons. The van der Waals surface area contributed by atoms with Crippen molar-refractivity contribution in [3.63, 3.8) is 0 Å². The van der Waals surface area contributed by atoms with Gasteiger partial charge in [0.05, 0.1) is 0 Å². The molecule has 6 aromatic rings. The first kappa shape index (κ1) is 18.5. The van der Waals surface area contributed by atoms with Crippen LogP contribution >= 0.6 is 0 Å². The third-order valence-electron chi connectivity index (χ3n) is 8.11. The highest BCUT2D eigenvalue weighted by Crippen LogP contribution is 2.42. The summed E-state index contributed by atoms with van der Waals surface area (Å²) in [5.74, 6) is 0. The lowest BCUT2D eigenvalue weighted by atomic mass is 9.92. The summed E-state index contributed by atoms with van der Waals surface area (Å²) in [4.78, 5) is 0. The second-order valence-electron chi connectivity index (χ2n) is 9.73. The van der Waals surface area contributed by atoms with E-state index in [0.29, 0.717) is 0 Å². The molecule has 0 radical (unpaired) electrons. The van der Waals surface area contributed by atoms with Crippen molar-refractivity contribution in [1.82, 2.24) is 0 Å². The van der Waals surface area contributed by atoms with Crippen molar-refractivity contribution in [2.75, 3.05) is 0 Å². The topological polar surface area (TPSA) is 0 Å². The maximum atomic E-state index is 2.43. The van der Waals surface area contributed by atoms with Crippen molar-refractivity contribution < 1.29 is 0 Å². The largest absolute Gasteiger partial charge is 0.182 e. The molecule has 0 atom stereocenters. The molecule has 0 aliphatic carbocycles. The van der Waals surface area contributed by atoms with Crippen LogP contribution in [0.25, 0.3) is 43.8 Å². The van der Waals surface area contributed by atoms with E-state index in [1.807, 2.05) is 0 Å². The fraction of sp³-hybridized carbons (Fsp3) is 0.0303. The third-order valence-corrected chi connectivity index (χ3v) is 13.1. The lowest BCUT2D eigenvalue weighted by Gasteiger charge is -2.29. The van der Waals surface area contributed by atoms with Crippen LogP contribution in [0.2, 0.25) is 0 Å². The second-order valence-corrected chi connectivity index (χ2v) is 13.3. The SMILES string of the molecule is Cc1ccc2c3c(c4ccccc4c2c1)-c1ccccc1[Si]31c2ccccc2-c2ccccc21. The van der Waals surface area contributed by atoms with E-state index in [2.05, 4.69) is 122 Å². The Bertz CT molecular complexity index is 1780. The van der Waals surface area contributed by atoms with Crippen molar-refractivity contribution in [2.24, 2.45) is 0 Å². The van der Waals surface area contributed by atoms with E-state index in [9.17, 15) is 0 Å². The van der Waals surface area contributed by atoms with Crippen LogP contribution in [0.3, 0.4) is 0 Å². The third kappa shape index (κ3) is 2.01. The molecule has 1 spiro atoms. The van der Waals surface area contributed by atoms with Crippen molar-refractivity contribution in [1.29, 1.82) is 0 Å². The van der Waals surface area contributed by atoms with E-state index in [1.165, 1.54) is 49.4 Å². The Morgan fingerprint density at radius 3 is 1.65 bits per heavy atom. The molecule has 2 heterocycles. The van der Waals surface area contributed by atoms with Gasteiger partial charge >= 0.3 is 0 Å². The number of fused-ring (bicyclic) bond motifs is 15. The first-order valence-electron chi connectivity index (χ1n) is 12.0. The Labute approximate surface area is 200 Å². The predicted molar refractivity (Wildman–Crippen MR) is 148 cm³/mol. The van der Waals surface area contributed by atoms with Crippen LogP contribution in [0.4, 0.5) is 0 Å². The van der Waals surface area contributed by atoms with E-state index >= 15 is 0 Å². The van der Waals surface area contributed by atoms with Gasteiger partial charge in [-0.15, -0.1) is 0 Å². The molecule has 0 fully saturated rings. The molecule has 34 heavy (non-hydrogen) atoms. The van der Waals surface area contributed by atoms with Gasteiger partial charge in [-0.05, 0) is 71.5 Å². The molecule has 8 rings (SSSR count). The van der Waals surface area contributed by atoms with Gasteiger partial charge in [0.1, 0.15) is 0 Å². The molecule has 6 aromatic carbocycles. The number of benzene rings is 6. The van der Waals surface area contributed by atoms with Gasteiger partial charge in [-0.3, -0.25) is 0 Å². The van der Waals surface area contributed by atoms with Crippen molar-refractivity contribution >= 4 is 50.4 Å². The van der Waals surface area contributed by atoms with E-state index in [1.54, 1.807) is 20.7 Å². The van der Waals surface area contributed by atoms with Gasteiger partial charge < -0.3 is 0 Å². The van der Waals surface area contributed by atoms with Crippen molar-refractivity contribution in [2.45, 2.75) is 6.92 Å². The van der Waals surface area contributed by atoms with Gasteiger partial charge in [-0.2, -0.15) is 0 Å². The van der Waals surface area contributed by atoms with Crippen molar-refractivity contribution in [3.05, 3.63) is 121 Å². The van der Waals surface area contributed by atoms with Gasteiger partial charge in [0.25, 0.3) is 0 Å². The smallest absolute Gasteiger partial charge is 0.0623 e. The molecule has 0 N–H and O–H groups in total. The molecule has 0 nitrogen and oxygen atoms in total. The Balaban J connectivity index is 1.72. The Hall–Kier alpha value is -3.94. The van der Waals surface area contributed by atoms with Crippen LogP contribution < -0.4 is 20.7 Å². The van der Waals surface area contributed by atoms with Gasteiger partial charge in [0, 0.05) is 0 Å². The summed E-state index contributed by atoms with van der Waals surface area (Å²) in [6, 6.07) is 43.8. The van der Waals surface area contributed by atoms with Crippen LogP contribution in [-0.4, -0.2) is 8.07 Å². The molecule has 1 heteroatoms.